The lowest BCUT2D eigenvalue weighted by Crippen LogP contribution is -2.45. The van der Waals surface area contributed by atoms with Gasteiger partial charge in [0.05, 0.1) is 29.9 Å². The zero-order valence-corrected chi connectivity index (χ0v) is 13.6. The second kappa shape index (κ2) is 7.60. The van der Waals surface area contributed by atoms with Gasteiger partial charge in [0.2, 0.25) is 0 Å². The molecule has 122 valence electrons. The maximum atomic E-state index is 12.4. The van der Waals surface area contributed by atoms with Crippen molar-refractivity contribution in [2.75, 3.05) is 32.1 Å². The third kappa shape index (κ3) is 4.45. The summed E-state index contributed by atoms with van der Waals surface area (Å²) in [5.74, 6) is 0.372. The first-order valence-corrected chi connectivity index (χ1v) is 9.12. The monoisotopic (exact) mass is 325 g/mol. The summed E-state index contributed by atoms with van der Waals surface area (Å²) in [7, 11) is -3.35. The van der Waals surface area contributed by atoms with E-state index < -0.39 is 9.84 Å². The predicted octanol–water partition coefficient (Wildman–Crippen LogP) is 0.886. The van der Waals surface area contributed by atoms with Crippen LogP contribution in [-0.2, 0) is 14.6 Å². The molecule has 0 radical (unpaired) electrons. The van der Waals surface area contributed by atoms with E-state index in [4.69, 9.17) is 10.5 Å². The molecule has 1 aliphatic heterocycles. The molecular weight excluding hydrogens is 302 g/mol. The molecule has 7 heteroatoms. The van der Waals surface area contributed by atoms with E-state index in [-0.39, 0.29) is 11.8 Å². The van der Waals surface area contributed by atoms with Gasteiger partial charge in [0.25, 0.3) is 0 Å². The number of benzene rings is 1. The Kier molecular flexibility index (Phi) is 5.79. The standard InChI is InChI=1S/C15H23N3O3S/c1-2-13(17-15(16)18-8-10-21-11-9-18)12-22(19,20)14-6-4-3-5-7-14/h3-7,13H,2,8-12H2,1H3,(H2,16,17). The number of hydrogen-bond acceptors (Lipinski definition) is 4. The number of sulfone groups is 1. The second-order valence-corrected chi connectivity index (χ2v) is 7.28. The Hall–Kier alpha value is -1.60. The van der Waals surface area contributed by atoms with E-state index in [1.54, 1.807) is 30.3 Å². The minimum atomic E-state index is -3.35. The van der Waals surface area contributed by atoms with Gasteiger partial charge >= 0.3 is 0 Å². The molecule has 0 amide bonds. The molecule has 2 N–H and O–H groups in total. The van der Waals surface area contributed by atoms with Crippen LogP contribution in [0.25, 0.3) is 0 Å². The fraction of sp³-hybridized carbons (Fsp3) is 0.533. The molecule has 1 atom stereocenters. The van der Waals surface area contributed by atoms with Gasteiger partial charge < -0.3 is 15.4 Å². The van der Waals surface area contributed by atoms with Gasteiger partial charge in [0, 0.05) is 13.1 Å². The summed E-state index contributed by atoms with van der Waals surface area (Å²) in [6.45, 7) is 4.54. The van der Waals surface area contributed by atoms with E-state index >= 15 is 0 Å². The van der Waals surface area contributed by atoms with Crippen LogP contribution in [0.4, 0.5) is 0 Å². The molecule has 1 aliphatic rings. The predicted molar refractivity (Wildman–Crippen MR) is 86.6 cm³/mol. The molecule has 0 bridgehead atoms. The minimum absolute atomic E-state index is 0.0292. The van der Waals surface area contributed by atoms with Crippen LogP contribution in [0.5, 0.6) is 0 Å². The topological polar surface area (TPSA) is 85.0 Å². The van der Waals surface area contributed by atoms with Crippen molar-refractivity contribution >= 4 is 15.8 Å². The van der Waals surface area contributed by atoms with Crippen LogP contribution >= 0.6 is 0 Å². The molecule has 22 heavy (non-hydrogen) atoms. The highest BCUT2D eigenvalue weighted by Gasteiger charge is 2.21. The van der Waals surface area contributed by atoms with E-state index in [9.17, 15) is 8.42 Å². The van der Waals surface area contributed by atoms with Gasteiger partial charge in [-0.3, -0.25) is 0 Å². The molecular formula is C15H23N3O3S. The fourth-order valence-corrected chi connectivity index (χ4v) is 3.87. The number of rotatable bonds is 5. The van der Waals surface area contributed by atoms with Crippen LogP contribution in [0.3, 0.4) is 0 Å². The van der Waals surface area contributed by atoms with Crippen LogP contribution in [0.2, 0.25) is 0 Å². The molecule has 0 aromatic heterocycles. The highest BCUT2D eigenvalue weighted by atomic mass is 32.2. The molecule has 1 aromatic carbocycles. The van der Waals surface area contributed by atoms with Crippen LogP contribution in [0, 0.1) is 0 Å². The average molecular weight is 325 g/mol. The smallest absolute Gasteiger partial charge is 0.191 e. The number of nitrogens with zero attached hydrogens (tertiary/aromatic N) is 2. The van der Waals surface area contributed by atoms with Crippen molar-refractivity contribution < 1.29 is 13.2 Å². The Morgan fingerprint density at radius 1 is 1.32 bits per heavy atom. The van der Waals surface area contributed by atoms with E-state index in [0.717, 1.165) is 0 Å². The van der Waals surface area contributed by atoms with Crippen LogP contribution < -0.4 is 5.73 Å². The molecule has 1 heterocycles. The Bertz CT molecular complexity index is 596. The molecule has 1 saturated heterocycles. The minimum Gasteiger partial charge on any atom is -0.378 e. The quantitative estimate of drug-likeness (QED) is 0.642. The average Bonchev–Trinajstić information content (AvgIpc) is 2.55. The molecule has 0 saturated carbocycles. The Morgan fingerprint density at radius 2 is 1.95 bits per heavy atom. The summed E-state index contributed by atoms with van der Waals surface area (Å²) in [6, 6.07) is 8.12. The number of morpholine rings is 1. The van der Waals surface area contributed by atoms with Crippen molar-refractivity contribution in [3.8, 4) is 0 Å². The molecule has 0 aliphatic carbocycles. The number of aliphatic imine (C=N–C) groups is 1. The third-order valence-corrected chi connectivity index (χ3v) is 5.45. The van der Waals surface area contributed by atoms with Gasteiger partial charge in [0.15, 0.2) is 15.8 Å². The Balaban J connectivity index is 2.08. The number of hydrogen-bond donors (Lipinski definition) is 1. The molecule has 1 fully saturated rings. The van der Waals surface area contributed by atoms with Crippen molar-refractivity contribution in [2.24, 2.45) is 10.7 Å². The van der Waals surface area contributed by atoms with Crippen molar-refractivity contribution in [3.63, 3.8) is 0 Å². The number of nitrogens with two attached hydrogens (primary N) is 1. The SMILES string of the molecule is CCC(CS(=O)(=O)c1ccccc1)N=C(N)N1CCOCC1. The summed E-state index contributed by atoms with van der Waals surface area (Å²) in [6.07, 6.45) is 0.622. The largest absolute Gasteiger partial charge is 0.378 e. The molecule has 0 spiro atoms. The van der Waals surface area contributed by atoms with E-state index in [2.05, 4.69) is 4.99 Å². The normalized spacial score (nSPS) is 18.2. The molecule has 1 aromatic rings. The van der Waals surface area contributed by atoms with E-state index in [0.29, 0.717) is 43.6 Å². The van der Waals surface area contributed by atoms with Gasteiger partial charge in [-0.25, -0.2) is 13.4 Å². The maximum absolute atomic E-state index is 12.4. The first-order chi connectivity index (χ1) is 10.5. The lowest BCUT2D eigenvalue weighted by Gasteiger charge is -2.28. The summed E-state index contributed by atoms with van der Waals surface area (Å²) < 4.78 is 30.1. The molecule has 2 rings (SSSR count). The van der Waals surface area contributed by atoms with Crippen LogP contribution in [0.15, 0.2) is 40.2 Å². The summed E-state index contributed by atoms with van der Waals surface area (Å²) in [4.78, 5) is 6.67. The van der Waals surface area contributed by atoms with Gasteiger partial charge in [-0.15, -0.1) is 0 Å². The fourth-order valence-electron chi connectivity index (χ4n) is 2.28. The zero-order valence-electron chi connectivity index (χ0n) is 12.8. The summed E-state index contributed by atoms with van der Waals surface area (Å²) >= 11 is 0. The Morgan fingerprint density at radius 3 is 2.55 bits per heavy atom. The van der Waals surface area contributed by atoms with Gasteiger partial charge in [-0.05, 0) is 18.6 Å². The lowest BCUT2D eigenvalue weighted by atomic mass is 10.3. The van der Waals surface area contributed by atoms with Gasteiger partial charge in [-0.1, -0.05) is 25.1 Å². The van der Waals surface area contributed by atoms with Gasteiger partial charge in [0.1, 0.15) is 0 Å². The third-order valence-electron chi connectivity index (χ3n) is 3.64. The summed E-state index contributed by atoms with van der Waals surface area (Å²) in [5, 5.41) is 0. The highest BCUT2D eigenvalue weighted by molar-refractivity contribution is 7.91. The van der Waals surface area contributed by atoms with Crippen LogP contribution in [0.1, 0.15) is 13.3 Å². The maximum Gasteiger partial charge on any atom is 0.191 e. The first-order valence-electron chi connectivity index (χ1n) is 7.46. The van der Waals surface area contributed by atoms with Crippen molar-refractivity contribution in [1.82, 2.24) is 4.90 Å². The number of guanidine groups is 1. The number of ether oxygens (including phenoxy) is 1. The van der Waals surface area contributed by atoms with E-state index in [1.165, 1.54) is 0 Å². The summed E-state index contributed by atoms with van der Waals surface area (Å²) in [5.41, 5.74) is 6.01. The highest BCUT2D eigenvalue weighted by Crippen LogP contribution is 2.14. The lowest BCUT2D eigenvalue weighted by molar-refractivity contribution is 0.0673. The second-order valence-electron chi connectivity index (χ2n) is 5.24. The molecule has 1 unspecified atom stereocenters. The van der Waals surface area contributed by atoms with E-state index in [1.807, 2.05) is 11.8 Å². The molecule has 6 nitrogen and oxygen atoms in total. The van der Waals surface area contributed by atoms with Crippen LogP contribution in [-0.4, -0.2) is 57.4 Å². The van der Waals surface area contributed by atoms with Crippen molar-refractivity contribution in [3.05, 3.63) is 30.3 Å². The zero-order chi connectivity index (χ0) is 16.0. The van der Waals surface area contributed by atoms with Crippen molar-refractivity contribution in [1.29, 1.82) is 0 Å². The Labute approximate surface area is 131 Å². The van der Waals surface area contributed by atoms with Gasteiger partial charge in [-0.2, -0.15) is 0 Å². The van der Waals surface area contributed by atoms with Crippen molar-refractivity contribution in [2.45, 2.75) is 24.3 Å². The first kappa shape index (κ1) is 16.8.